The number of carbonyl (C=O) groups is 2. The molecule has 0 aliphatic heterocycles. The highest BCUT2D eigenvalue weighted by Crippen LogP contribution is 2.34. The molecule has 0 saturated heterocycles. The Morgan fingerprint density at radius 2 is 1.67 bits per heavy atom. The molecule has 7 nitrogen and oxygen atoms in total. The third-order valence-corrected chi connectivity index (χ3v) is 4.23. The lowest BCUT2D eigenvalue weighted by Gasteiger charge is -2.19. The van der Waals surface area contributed by atoms with Gasteiger partial charge in [-0.3, -0.25) is 4.79 Å². The molecule has 0 atom stereocenters. The molecule has 2 aromatic carbocycles. The fourth-order valence-electron chi connectivity index (χ4n) is 2.39. The molecule has 9 heteroatoms. The maximum atomic E-state index is 12.5. The third-order valence-electron chi connectivity index (χ3n) is 3.67. The van der Waals surface area contributed by atoms with E-state index in [2.05, 4.69) is 10.6 Å². The van der Waals surface area contributed by atoms with Crippen molar-refractivity contribution >= 4 is 40.9 Å². The molecule has 162 valence electrons. The van der Waals surface area contributed by atoms with Crippen LogP contribution < -0.4 is 21.1 Å². The van der Waals surface area contributed by atoms with Gasteiger partial charge in [0.2, 0.25) is 0 Å². The van der Waals surface area contributed by atoms with Crippen molar-refractivity contribution in [1.29, 1.82) is 0 Å². The van der Waals surface area contributed by atoms with Gasteiger partial charge in [0, 0.05) is 24.3 Å². The Kier molecular flexibility index (Phi) is 8.34. The Labute approximate surface area is 185 Å². The number of nitrogens with one attached hydrogen (secondary N) is 2. The maximum absolute atomic E-state index is 12.5. The molecule has 0 aromatic heterocycles. The van der Waals surface area contributed by atoms with Gasteiger partial charge in [0.05, 0.1) is 10.0 Å². The molecule has 2 rings (SSSR count). The highest BCUT2D eigenvalue weighted by atomic mass is 35.5. The van der Waals surface area contributed by atoms with E-state index in [9.17, 15) is 9.59 Å². The van der Waals surface area contributed by atoms with Gasteiger partial charge >= 0.3 is 6.09 Å². The topological polar surface area (TPSA) is 103 Å². The SMILES string of the molecule is CC(C)(C)OC(=O)NCc1ccc(NC(=O)c2cc(Cl)c(OCCN)c(Cl)c2)cc1. The normalized spacial score (nSPS) is 11.0. The van der Waals surface area contributed by atoms with Crippen molar-refractivity contribution in [2.45, 2.75) is 32.9 Å². The van der Waals surface area contributed by atoms with Gasteiger partial charge < -0.3 is 25.8 Å². The van der Waals surface area contributed by atoms with Crippen molar-refractivity contribution in [3.63, 3.8) is 0 Å². The Balaban J connectivity index is 1.97. The molecule has 0 unspecified atom stereocenters. The van der Waals surface area contributed by atoms with Crippen molar-refractivity contribution < 1.29 is 19.1 Å². The van der Waals surface area contributed by atoms with Crippen molar-refractivity contribution in [3.8, 4) is 5.75 Å². The molecular weight excluding hydrogens is 429 g/mol. The summed E-state index contributed by atoms with van der Waals surface area (Å²) in [7, 11) is 0. The summed E-state index contributed by atoms with van der Waals surface area (Å²) in [4.78, 5) is 24.2. The predicted molar refractivity (Wildman–Crippen MR) is 118 cm³/mol. The number of rotatable bonds is 7. The molecule has 0 bridgehead atoms. The molecule has 0 fully saturated rings. The zero-order valence-electron chi connectivity index (χ0n) is 17.1. The first kappa shape index (κ1) is 23.8. The minimum Gasteiger partial charge on any atom is -0.489 e. The van der Waals surface area contributed by atoms with Crippen LogP contribution in [0.3, 0.4) is 0 Å². The van der Waals surface area contributed by atoms with Crippen LogP contribution in [0.2, 0.25) is 10.0 Å². The molecule has 0 saturated carbocycles. The number of nitrogens with two attached hydrogens (primary N) is 1. The van der Waals surface area contributed by atoms with Crippen LogP contribution in [0.5, 0.6) is 5.75 Å². The van der Waals surface area contributed by atoms with Crippen LogP contribution in [0.4, 0.5) is 10.5 Å². The predicted octanol–water partition coefficient (Wildman–Crippen LogP) is 4.61. The summed E-state index contributed by atoms with van der Waals surface area (Å²) in [6.45, 7) is 6.28. The van der Waals surface area contributed by atoms with Crippen LogP contribution >= 0.6 is 23.2 Å². The van der Waals surface area contributed by atoms with Gasteiger partial charge in [-0.25, -0.2) is 4.79 Å². The number of hydrogen-bond donors (Lipinski definition) is 3. The summed E-state index contributed by atoms with van der Waals surface area (Å²) in [6.07, 6.45) is -0.493. The van der Waals surface area contributed by atoms with Gasteiger partial charge in [-0.15, -0.1) is 0 Å². The molecule has 2 amide bonds. The van der Waals surface area contributed by atoms with Gasteiger partial charge in [-0.1, -0.05) is 35.3 Å². The van der Waals surface area contributed by atoms with Crippen molar-refractivity contribution in [2.24, 2.45) is 5.73 Å². The molecule has 0 aliphatic carbocycles. The van der Waals surface area contributed by atoms with E-state index in [4.69, 9.17) is 38.4 Å². The largest absolute Gasteiger partial charge is 0.489 e. The Hall–Kier alpha value is -2.48. The lowest BCUT2D eigenvalue weighted by atomic mass is 10.1. The maximum Gasteiger partial charge on any atom is 0.407 e. The number of halogens is 2. The first-order valence-electron chi connectivity index (χ1n) is 9.28. The summed E-state index contributed by atoms with van der Waals surface area (Å²) >= 11 is 12.3. The molecule has 2 aromatic rings. The smallest absolute Gasteiger partial charge is 0.407 e. The van der Waals surface area contributed by atoms with Crippen LogP contribution in [0.1, 0.15) is 36.7 Å². The van der Waals surface area contributed by atoms with E-state index in [1.165, 1.54) is 12.1 Å². The second kappa shape index (κ2) is 10.5. The number of anilines is 1. The Morgan fingerprint density at radius 1 is 1.07 bits per heavy atom. The molecule has 0 radical (unpaired) electrons. The zero-order valence-corrected chi connectivity index (χ0v) is 18.6. The number of hydrogen-bond acceptors (Lipinski definition) is 5. The van der Waals surface area contributed by atoms with Crippen LogP contribution in [0.25, 0.3) is 0 Å². The quantitative estimate of drug-likeness (QED) is 0.567. The molecular formula is C21H25Cl2N3O4. The minimum absolute atomic E-state index is 0.227. The first-order chi connectivity index (χ1) is 14.1. The molecule has 0 aliphatic rings. The zero-order chi connectivity index (χ0) is 22.3. The highest BCUT2D eigenvalue weighted by molar-refractivity contribution is 6.37. The average Bonchev–Trinajstić information content (AvgIpc) is 2.65. The lowest BCUT2D eigenvalue weighted by molar-refractivity contribution is 0.0523. The average molecular weight is 454 g/mol. The van der Waals surface area contributed by atoms with Crippen molar-refractivity contribution in [2.75, 3.05) is 18.5 Å². The summed E-state index contributed by atoms with van der Waals surface area (Å²) in [6, 6.07) is 9.99. The summed E-state index contributed by atoms with van der Waals surface area (Å²) in [5.41, 5.74) is 6.58. The Bertz CT molecular complexity index is 873. The van der Waals surface area contributed by atoms with Gasteiger partial charge in [0.15, 0.2) is 5.75 Å². The second-order valence-corrected chi connectivity index (χ2v) is 8.23. The van der Waals surface area contributed by atoms with Crippen molar-refractivity contribution in [3.05, 3.63) is 57.6 Å². The summed E-state index contributed by atoms with van der Waals surface area (Å²) < 4.78 is 10.6. The van der Waals surface area contributed by atoms with Crippen LogP contribution in [0, 0.1) is 0 Å². The van der Waals surface area contributed by atoms with E-state index >= 15 is 0 Å². The van der Waals surface area contributed by atoms with E-state index in [-0.39, 0.29) is 22.6 Å². The highest BCUT2D eigenvalue weighted by Gasteiger charge is 2.16. The Morgan fingerprint density at radius 3 is 2.20 bits per heavy atom. The summed E-state index contributed by atoms with van der Waals surface area (Å²) in [5.74, 6) is -0.0778. The standard InChI is InChI=1S/C21H25Cl2N3O4/c1-21(2,3)30-20(28)25-12-13-4-6-15(7-5-13)26-19(27)14-10-16(22)18(17(23)11-14)29-9-8-24/h4-7,10-11H,8-9,12,24H2,1-3H3,(H,25,28)(H,26,27). The van der Waals surface area contributed by atoms with Gasteiger partial charge in [0.25, 0.3) is 5.91 Å². The molecule has 30 heavy (non-hydrogen) atoms. The third kappa shape index (κ3) is 7.40. The van der Waals surface area contributed by atoms with Crippen LogP contribution in [-0.2, 0) is 11.3 Å². The van der Waals surface area contributed by atoms with Crippen molar-refractivity contribution in [1.82, 2.24) is 5.32 Å². The number of ether oxygens (including phenoxy) is 2. The van der Waals surface area contributed by atoms with E-state index in [0.29, 0.717) is 30.1 Å². The van der Waals surface area contributed by atoms with E-state index in [0.717, 1.165) is 5.56 Å². The fourth-order valence-corrected chi connectivity index (χ4v) is 2.98. The van der Waals surface area contributed by atoms with Crippen LogP contribution in [0.15, 0.2) is 36.4 Å². The second-order valence-electron chi connectivity index (χ2n) is 7.41. The number of alkyl carbamates (subject to hydrolysis) is 1. The number of benzene rings is 2. The minimum atomic E-state index is -0.557. The van der Waals surface area contributed by atoms with Gasteiger partial charge in [-0.05, 0) is 50.6 Å². The first-order valence-corrected chi connectivity index (χ1v) is 10.0. The van der Waals surface area contributed by atoms with E-state index in [1.807, 2.05) is 0 Å². The summed E-state index contributed by atoms with van der Waals surface area (Å²) in [5, 5.41) is 5.90. The van der Waals surface area contributed by atoms with E-state index < -0.39 is 11.7 Å². The van der Waals surface area contributed by atoms with Gasteiger partial charge in [-0.2, -0.15) is 0 Å². The van der Waals surface area contributed by atoms with Gasteiger partial charge in [0.1, 0.15) is 12.2 Å². The lowest BCUT2D eigenvalue weighted by Crippen LogP contribution is -2.32. The van der Waals surface area contributed by atoms with Crippen LogP contribution in [-0.4, -0.2) is 30.8 Å². The molecule has 4 N–H and O–H groups in total. The fraction of sp³-hybridized carbons (Fsp3) is 0.333. The van der Waals surface area contributed by atoms with E-state index in [1.54, 1.807) is 45.0 Å². The molecule has 0 spiro atoms. The number of carbonyl (C=O) groups excluding carboxylic acids is 2. The monoisotopic (exact) mass is 453 g/mol. The molecule has 0 heterocycles. The number of amides is 2.